The molecule has 82 valence electrons. The number of hydrogen-bond acceptors (Lipinski definition) is 3. The van der Waals surface area contributed by atoms with E-state index in [0.717, 1.165) is 18.0 Å². The Labute approximate surface area is 90.7 Å². The molecule has 0 unspecified atom stereocenters. The minimum atomic E-state index is 0.578. The molecule has 0 radical (unpaired) electrons. The molecule has 1 aromatic rings. The summed E-state index contributed by atoms with van der Waals surface area (Å²) in [4.78, 5) is 0. The molecule has 0 saturated heterocycles. The monoisotopic (exact) mass is 207 g/mol. The lowest BCUT2D eigenvalue weighted by molar-refractivity contribution is 0.356. The van der Waals surface area contributed by atoms with Crippen LogP contribution in [0.1, 0.15) is 0 Å². The largest absolute Gasteiger partial charge is 0.497 e. The summed E-state index contributed by atoms with van der Waals surface area (Å²) in [6, 6.07) is 7.58. The minimum Gasteiger partial charge on any atom is -0.497 e. The van der Waals surface area contributed by atoms with Crippen LogP contribution in [0.3, 0.4) is 0 Å². The summed E-state index contributed by atoms with van der Waals surface area (Å²) in [7, 11) is 3.55. The Morgan fingerprint density at radius 3 is 2.80 bits per heavy atom. The molecule has 1 aromatic carbocycles. The molecule has 0 aliphatic heterocycles. The van der Waals surface area contributed by atoms with Gasteiger partial charge in [-0.3, -0.25) is 0 Å². The van der Waals surface area contributed by atoms with E-state index in [1.807, 2.05) is 43.5 Å². The van der Waals surface area contributed by atoms with Crippen molar-refractivity contribution in [3.05, 3.63) is 36.4 Å². The van der Waals surface area contributed by atoms with Gasteiger partial charge in [-0.1, -0.05) is 18.2 Å². The van der Waals surface area contributed by atoms with Gasteiger partial charge in [0.25, 0.3) is 0 Å². The number of methoxy groups -OCH3 is 1. The van der Waals surface area contributed by atoms with Gasteiger partial charge in [-0.05, 0) is 19.2 Å². The highest BCUT2D eigenvalue weighted by molar-refractivity contribution is 5.32. The van der Waals surface area contributed by atoms with Crippen molar-refractivity contribution in [3.8, 4) is 11.5 Å². The number of benzene rings is 1. The van der Waals surface area contributed by atoms with Gasteiger partial charge in [0.15, 0.2) is 0 Å². The van der Waals surface area contributed by atoms with E-state index in [0.29, 0.717) is 6.61 Å². The summed E-state index contributed by atoms with van der Waals surface area (Å²) in [6.07, 6.45) is 4.01. The Kier molecular flexibility index (Phi) is 5.33. The fraction of sp³-hybridized carbons (Fsp3) is 0.333. The van der Waals surface area contributed by atoms with Crippen LogP contribution in [0.2, 0.25) is 0 Å². The predicted molar refractivity (Wildman–Crippen MR) is 61.6 cm³/mol. The van der Waals surface area contributed by atoms with Crippen molar-refractivity contribution in [1.29, 1.82) is 0 Å². The number of nitrogens with one attached hydrogen (secondary N) is 1. The zero-order valence-corrected chi connectivity index (χ0v) is 9.19. The fourth-order valence-corrected chi connectivity index (χ4v) is 1.10. The maximum atomic E-state index is 5.50. The molecule has 0 aromatic heterocycles. The molecule has 1 rings (SSSR count). The van der Waals surface area contributed by atoms with Crippen LogP contribution in [0.25, 0.3) is 0 Å². The second-order valence-corrected chi connectivity index (χ2v) is 3.02. The average Bonchev–Trinajstić information content (AvgIpc) is 2.29. The Morgan fingerprint density at radius 1 is 1.27 bits per heavy atom. The SMILES string of the molecule is CNC/C=C/COc1cccc(OC)c1. The molecular formula is C12H17NO2. The van der Waals surface area contributed by atoms with Crippen LogP contribution in [0.15, 0.2) is 36.4 Å². The van der Waals surface area contributed by atoms with Crippen LogP contribution >= 0.6 is 0 Å². The predicted octanol–water partition coefficient (Wildman–Crippen LogP) is 1.85. The van der Waals surface area contributed by atoms with Crippen LogP contribution in [0.5, 0.6) is 11.5 Å². The first-order valence-electron chi connectivity index (χ1n) is 4.93. The smallest absolute Gasteiger partial charge is 0.123 e. The van der Waals surface area contributed by atoms with Crippen molar-refractivity contribution in [3.63, 3.8) is 0 Å². The van der Waals surface area contributed by atoms with Crippen LogP contribution in [0.4, 0.5) is 0 Å². The third-order valence-electron chi connectivity index (χ3n) is 1.88. The molecule has 0 aliphatic carbocycles. The first-order chi connectivity index (χ1) is 7.36. The minimum absolute atomic E-state index is 0.578. The molecule has 0 amide bonds. The van der Waals surface area contributed by atoms with Gasteiger partial charge in [-0.25, -0.2) is 0 Å². The number of ether oxygens (including phenoxy) is 2. The molecule has 15 heavy (non-hydrogen) atoms. The summed E-state index contributed by atoms with van der Waals surface area (Å²) < 4.78 is 10.6. The van der Waals surface area contributed by atoms with Crippen LogP contribution in [-0.4, -0.2) is 27.3 Å². The lowest BCUT2D eigenvalue weighted by atomic mass is 10.3. The van der Waals surface area contributed by atoms with E-state index >= 15 is 0 Å². The van der Waals surface area contributed by atoms with Gasteiger partial charge in [0.2, 0.25) is 0 Å². The normalized spacial score (nSPS) is 10.5. The Bertz CT molecular complexity index is 310. The second kappa shape index (κ2) is 6.90. The number of hydrogen-bond donors (Lipinski definition) is 1. The van der Waals surface area contributed by atoms with Gasteiger partial charge < -0.3 is 14.8 Å². The highest BCUT2D eigenvalue weighted by atomic mass is 16.5. The molecule has 3 heteroatoms. The molecule has 0 spiro atoms. The molecule has 0 aliphatic rings. The van der Waals surface area contributed by atoms with E-state index in [2.05, 4.69) is 5.32 Å². The van der Waals surface area contributed by atoms with E-state index < -0.39 is 0 Å². The maximum Gasteiger partial charge on any atom is 0.123 e. The van der Waals surface area contributed by atoms with Gasteiger partial charge in [0, 0.05) is 12.6 Å². The van der Waals surface area contributed by atoms with E-state index in [1.54, 1.807) is 7.11 Å². The number of likely N-dealkylation sites (N-methyl/N-ethyl adjacent to an activating group) is 1. The maximum absolute atomic E-state index is 5.50. The van der Waals surface area contributed by atoms with Crippen molar-refractivity contribution >= 4 is 0 Å². The molecule has 0 fully saturated rings. The second-order valence-electron chi connectivity index (χ2n) is 3.02. The molecule has 0 bridgehead atoms. The van der Waals surface area contributed by atoms with Crippen LogP contribution in [0, 0.1) is 0 Å². The zero-order chi connectivity index (χ0) is 10.9. The van der Waals surface area contributed by atoms with E-state index in [4.69, 9.17) is 9.47 Å². The zero-order valence-electron chi connectivity index (χ0n) is 9.19. The van der Waals surface area contributed by atoms with Crippen molar-refractivity contribution in [2.24, 2.45) is 0 Å². The fourth-order valence-electron chi connectivity index (χ4n) is 1.10. The highest BCUT2D eigenvalue weighted by Crippen LogP contribution is 2.18. The van der Waals surface area contributed by atoms with E-state index in [-0.39, 0.29) is 0 Å². The van der Waals surface area contributed by atoms with Gasteiger partial charge in [0.1, 0.15) is 18.1 Å². The molecule has 0 saturated carbocycles. The summed E-state index contributed by atoms with van der Waals surface area (Å²) in [5.41, 5.74) is 0. The lowest BCUT2D eigenvalue weighted by Gasteiger charge is -2.04. The van der Waals surface area contributed by atoms with Gasteiger partial charge in [0.05, 0.1) is 7.11 Å². The number of rotatable bonds is 6. The van der Waals surface area contributed by atoms with Crippen LogP contribution in [-0.2, 0) is 0 Å². The summed E-state index contributed by atoms with van der Waals surface area (Å²) in [5, 5.41) is 3.02. The van der Waals surface area contributed by atoms with E-state index in [9.17, 15) is 0 Å². The summed E-state index contributed by atoms with van der Waals surface area (Å²) in [5.74, 6) is 1.63. The Morgan fingerprint density at radius 2 is 2.07 bits per heavy atom. The highest BCUT2D eigenvalue weighted by Gasteiger charge is 1.94. The average molecular weight is 207 g/mol. The van der Waals surface area contributed by atoms with Gasteiger partial charge in [-0.15, -0.1) is 0 Å². The van der Waals surface area contributed by atoms with E-state index in [1.165, 1.54) is 0 Å². The van der Waals surface area contributed by atoms with Crippen molar-refractivity contribution in [1.82, 2.24) is 5.32 Å². The van der Waals surface area contributed by atoms with Gasteiger partial charge >= 0.3 is 0 Å². The standard InChI is InChI=1S/C12H17NO2/c1-13-8-3-4-9-15-12-7-5-6-11(10-12)14-2/h3-7,10,13H,8-9H2,1-2H3/b4-3+. The van der Waals surface area contributed by atoms with Gasteiger partial charge in [-0.2, -0.15) is 0 Å². The molecule has 3 nitrogen and oxygen atoms in total. The lowest BCUT2D eigenvalue weighted by Crippen LogP contribution is -2.04. The third-order valence-corrected chi connectivity index (χ3v) is 1.88. The quantitative estimate of drug-likeness (QED) is 0.722. The molecule has 1 N–H and O–H groups in total. The first kappa shape index (κ1) is 11.6. The van der Waals surface area contributed by atoms with Crippen molar-refractivity contribution in [2.45, 2.75) is 0 Å². The topological polar surface area (TPSA) is 30.5 Å². The van der Waals surface area contributed by atoms with Crippen molar-refractivity contribution in [2.75, 3.05) is 27.3 Å². The molecule has 0 heterocycles. The summed E-state index contributed by atoms with van der Waals surface area (Å²) in [6.45, 7) is 1.44. The Balaban J connectivity index is 2.36. The van der Waals surface area contributed by atoms with Crippen molar-refractivity contribution < 1.29 is 9.47 Å². The molecular weight excluding hydrogens is 190 g/mol. The Hall–Kier alpha value is -1.48. The van der Waals surface area contributed by atoms with Crippen LogP contribution < -0.4 is 14.8 Å². The third kappa shape index (κ3) is 4.51. The first-order valence-corrected chi connectivity index (χ1v) is 4.93. The molecule has 0 atom stereocenters. The summed E-state index contributed by atoms with van der Waals surface area (Å²) >= 11 is 0.